The Morgan fingerprint density at radius 3 is 2.11 bits per heavy atom. The maximum absolute atomic E-state index is 13.7. The van der Waals surface area contributed by atoms with Crippen molar-refractivity contribution in [2.45, 2.75) is 72.4 Å². The number of rotatable bonds is 11. The van der Waals surface area contributed by atoms with Crippen LogP contribution in [0.1, 0.15) is 64.2 Å². The normalized spacial score (nSPS) is 12.6. The van der Waals surface area contributed by atoms with Crippen LogP contribution in [0.4, 0.5) is 5.69 Å². The van der Waals surface area contributed by atoms with Gasteiger partial charge in [0.05, 0.1) is 11.9 Å². The van der Waals surface area contributed by atoms with Crippen molar-refractivity contribution >= 4 is 27.5 Å². The monoisotopic (exact) mass is 515 g/mol. The second-order valence-corrected chi connectivity index (χ2v) is 12.1. The van der Waals surface area contributed by atoms with Gasteiger partial charge in [-0.1, -0.05) is 71.0 Å². The van der Waals surface area contributed by atoms with E-state index < -0.39 is 28.5 Å². The molecule has 7 nitrogen and oxygen atoms in total. The Balaban J connectivity index is 2.44. The van der Waals surface area contributed by atoms with Gasteiger partial charge in [0, 0.05) is 13.1 Å². The summed E-state index contributed by atoms with van der Waals surface area (Å²) in [4.78, 5) is 28.2. The molecule has 0 aliphatic heterocycles. The number of carbonyl (C=O) groups is 2. The maximum atomic E-state index is 13.7. The fraction of sp³-hybridized carbons (Fsp3) is 0.500. The second kappa shape index (κ2) is 12.4. The molecule has 0 saturated heterocycles. The highest BCUT2D eigenvalue weighted by Crippen LogP contribution is 2.26. The number of anilines is 1. The number of benzene rings is 2. The van der Waals surface area contributed by atoms with Crippen LogP contribution in [-0.4, -0.2) is 50.5 Å². The molecule has 0 bridgehead atoms. The Morgan fingerprint density at radius 1 is 1.00 bits per heavy atom. The van der Waals surface area contributed by atoms with Crippen LogP contribution in [0.15, 0.2) is 48.5 Å². The summed E-state index contributed by atoms with van der Waals surface area (Å²) >= 11 is 0. The summed E-state index contributed by atoms with van der Waals surface area (Å²) in [6, 6.07) is 14.2. The summed E-state index contributed by atoms with van der Waals surface area (Å²) in [6.45, 7) is 12.3. The lowest BCUT2D eigenvalue weighted by atomic mass is 9.87. The number of nitrogens with one attached hydrogen (secondary N) is 1. The van der Waals surface area contributed by atoms with E-state index in [0.29, 0.717) is 18.7 Å². The molecule has 0 aliphatic carbocycles. The lowest BCUT2D eigenvalue weighted by Crippen LogP contribution is -2.52. The quantitative estimate of drug-likeness (QED) is 0.481. The minimum Gasteiger partial charge on any atom is -0.354 e. The van der Waals surface area contributed by atoms with Crippen molar-refractivity contribution in [1.29, 1.82) is 0 Å². The summed E-state index contributed by atoms with van der Waals surface area (Å²) in [5.74, 6) is -0.663. The van der Waals surface area contributed by atoms with Gasteiger partial charge < -0.3 is 10.2 Å². The molecule has 0 radical (unpaired) electrons. The van der Waals surface area contributed by atoms with Gasteiger partial charge in [0.25, 0.3) is 0 Å². The number of aryl methyl sites for hydroxylation is 1. The van der Waals surface area contributed by atoms with Crippen LogP contribution in [0.2, 0.25) is 0 Å². The number of sulfonamides is 1. The first-order valence-corrected chi connectivity index (χ1v) is 14.3. The van der Waals surface area contributed by atoms with Gasteiger partial charge in [-0.25, -0.2) is 8.42 Å². The molecule has 2 rings (SSSR count). The molecule has 0 aromatic heterocycles. The van der Waals surface area contributed by atoms with E-state index in [1.807, 2.05) is 57.2 Å². The first kappa shape index (κ1) is 29.4. The Hall–Kier alpha value is -2.87. The van der Waals surface area contributed by atoms with E-state index in [1.165, 1.54) is 4.90 Å². The molecule has 0 aliphatic rings. The molecule has 1 unspecified atom stereocenters. The van der Waals surface area contributed by atoms with Gasteiger partial charge in [-0.05, 0) is 54.0 Å². The van der Waals surface area contributed by atoms with Crippen molar-refractivity contribution in [2.24, 2.45) is 0 Å². The predicted octanol–water partition coefficient (Wildman–Crippen LogP) is 4.39. The third-order valence-corrected chi connectivity index (χ3v) is 7.38. The Labute approximate surface area is 216 Å². The molecule has 36 heavy (non-hydrogen) atoms. The highest BCUT2D eigenvalue weighted by molar-refractivity contribution is 7.92. The Kier molecular flexibility index (Phi) is 10.1. The van der Waals surface area contributed by atoms with Gasteiger partial charge in [-0.15, -0.1) is 0 Å². The van der Waals surface area contributed by atoms with Crippen LogP contribution in [-0.2, 0) is 31.6 Å². The fourth-order valence-corrected chi connectivity index (χ4v) is 4.85. The molecule has 2 amide bonds. The van der Waals surface area contributed by atoms with Gasteiger partial charge in [0.15, 0.2) is 0 Å². The van der Waals surface area contributed by atoms with Crippen LogP contribution in [0.25, 0.3) is 0 Å². The highest BCUT2D eigenvalue weighted by Gasteiger charge is 2.32. The summed E-state index contributed by atoms with van der Waals surface area (Å²) < 4.78 is 26.7. The molecule has 2 aromatic carbocycles. The van der Waals surface area contributed by atoms with Crippen LogP contribution < -0.4 is 9.62 Å². The van der Waals surface area contributed by atoms with Crippen LogP contribution in [0.3, 0.4) is 0 Å². The van der Waals surface area contributed by atoms with Crippen LogP contribution in [0, 0.1) is 6.92 Å². The van der Waals surface area contributed by atoms with Gasteiger partial charge in [0.1, 0.15) is 12.6 Å². The van der Waals surface area contributed by atoms with E-state index in [0.717, 1.165) is 33.7 Å². The second-order valence-electron chi connectivity index (χ2n) is 10.2. The minimum atomic E-state index is -3.76. The summed E-state index contributed by atoms with van der Waals surface area (Å²) in [5, 5.41) is 2.89. The third kappa shape index (κ3) is 7.82. The zero-order chi connectivity index (χ0) is 27.1. The Morgan fingerprint density at radius 2 is 1.61 bits per heavy atom. The minimum absolute atomic E-state index is 0.0885. The van der Waals surface area contributed by atoms with E-state index >= 15 is 0 Å². The van der Waals surface area contributed by atoms with Gasteiger partial charge >= 0.3 is 0 Å². The molecule has 8 heteroatoms. The first-order valence-electron chi connectivity index (χ1n) is 12.5. The molecule has 2 aromatic rings. The first-order chi connectivity index (χ1) is 16.8. The summed E-state index contributed by atoms with van der Waals surface area (Å²) in [5.41, 5.74) is 3.29. The molecular formula is C28H41N3O4S. The molecular weight excluding hydrogens is 474 g/mol. The standard InChI is InChI=1S/C28H41N3O4S/c1-8-18-29-27(33)25(9-2)30(19-22-13-11-10-12-21(22)3)26(32)20-31(36(7,34)35)24-16-14-23(15-17-24)28(4,5)6/h10-17,25H,8-9,18-20H2,1-7H3,(H,29,33). The number of amides is 2. The highest BCUT2D eigenvalue weighted by atomic mass is 32.2. The largest absolute Gasteiger partial charge is 0.354 e. The van der Waals surface area contributed by atoms with Crippen molar-refractivity contribution in [3.05, 3.63) is 65.2 Å². The van der Waals surface area contributed by atoms with E-state index in [2.05, 4.69) is 26.1 Å². The van der Waals surface area contributed by atoms with Gasteiger partial charge in [-0.3, -0.25) is 13.9 Å². The number of hydrogen-bond donors (Lipinski definition) is 1. The van der Waals surface area contributed by atoms with E-state index in [9.17, 15) is 18.0 Å². The maximum Gasteiger partial charge on any atom is 0.244 e. The lowest BCUT2D eigenvalue weighted by Gasteiger charge is -2.33. The molecule has 0 spiro atoms. The zero-order valence-corrected chi connectivity index (χ0v) is 23.5. The smallest absolute Gasteiger partial charge is 0.244 e. The third-order valence-electron chi connectivity index (χ3n) is 6.24. The van der Waals surface area contributed by atoms with Crippen molar-refractivity contribution in [1.82, 2.24) is 10.2 Å². The zero-order valence-electron chi connectivity index (χ0n) is 22.7. The molecule has 1 atom stereocenters. The number of hydrogen-bond acceptors (Lipinski definition) is 4. The molecule has 0 fully saturated rings. The number of carbonyl (C=O) groups excluding carboxylic acids is 2. The van der Waals surface area contributed by atoms with E-state index in [-0.39, 0.29) is 17.9 Å². The molecule has 0 heterocycles. The number of nitrogens with zero attached hydrogens (tertiary/aromatic N) is 2. The van der Waals surface area contributed by atoms with Crippen molar-refractivity contribution in [3.8, 4) is 0 Å². The van der Waals surface area contributed by atoms with Crippen LogP contribution >= 0.6 is 0 Å². The lowest BCUT2D eigenvalue weighted by molar-refractivity contribution is -0.140. The van der Waals surface area contributed by atoms with E-state index in [1.54, 1.807) is 12.1 Å². The van der Waals surface area contributed by atoms with Gasteiger partial charge in [-0.2, -0.15) is 0 Å². The van der Waals surface area contributed by atoms with E-state index in [4.69, 9.17) is 0 Å². The fourth-order valence-electron chi connectivity index (χ4n) is 4.00. The van der Waals surface area contributed by atoms with Crippen molar-refractivity contribution in [2.75, 3.05) is 23.7 Å². The molecule has 0 saturated carbocycles. The SMILES string of the molecule is CCCNC(=O)C(CC)N(Cc1ccccc1C)C(=O)CN(c1ccc(C(C)(C)C)cc1)S(C)(=O)=O. The Bertz CT molecular complexity index is 1140. The predicted molar refractivity (Wildman–Crippen MR) is 146 cm³/mol. The van der Waals surface area contributed by atoms with Gasteiger partial charge in [0.2, 0.25) is 21.8 Å². The summed E-state index contributed by atoms with van der Waals surface area (Å²) in [7, 11) is -3.76. The van der Waals surface area contributed by atoms with Crippen LogP contribution in [0.5, 0.6) is 0 Å². The average molecular weight is 516 g/mol. The molecule has 1 N–H and O–H groups in total. The summed E-state index contributed by atoms with van der Waals surface area (Å²) in [6.07, 6.45) is 2.28. The van der Waals surface area contributed by atoms with Crippen molar-refractivity contribution < 1.29 is 18.0 Å². The van der Waals surface area contributed by atoms with Crippen molar-refractivity contribution in [3.63, 3.8) is 0 Å². The average Bonchev–Trinajstić information content (AvgIpc) is 2.80. The molecule has 198 valence electrons. The topological polar surface area (TPSA) is 86.8 Å².